The molecule has 0 unspecified atom stereocenters. The monoisotopic (exact) mass is 286 g/mol. The second-order valence-corrected chi connectivity index (χ2v) is 3.92. The van der Waals surface area contributed by atoms with Crippen LogP contribution in [0.3, 0.4) is 0 Å². The SMILES string of the molecule is Cc1cc(Br)ccc1OCC(=O)NNC=O. The summed E-state index contributed by atoms with van der Waals surface area (Å²) in [5.74, 6) is 0.207. The van der Waals surface area contributed by atoms with Crippen LogP contribution in [0.1, 0.15) is 5.56 Å². The summed E-state index contributed by atoms with van der Waals surface area (Å²) in [7, 11) is 0. The van der Waals surface area contributed by atoms with E-state index in [4.69, 9.17) is 4.74 Å². The van der Waals surface area contributed by atoms with Crippen LogP contribution >= 0.6 is 15.9 Å². The maximum atomic E-state index is 11.1. The molecule has 1 rings (SSSR count). The Balaban J connectivity index is 2.48. The standard InChI is InChI=1S/C10H11BrN2O3/c1-7-4-8(11)2-3-9(7)16-5-10(15)13-12-6-14/h2-4,6H,5H2,1H3,(H,12,14)(H,13,15). The smallest absolute Gasteiger partial charge is 0.276 e. The van der Waals surface area contributed by atoms with E-state index >= 15 is 0 Å². The molecule has 2 amide bonds. The summed E-state index contributed by atoms with van der Waals surface area (Å²) in [6.07, 6.45) is 0.378. The van der Waals surface area contributed by atoms with Crippen molar-refractivity contribution in [2.75, 3.05) is 6.61 Å². The summed E-state index contributed by atoms with van der Waals surface area (Å²) < 4.78 is 6.21. The van der Waals surface area contributed by atoms with Gasteiger partial charge in [0.2, 0.25) is 6.41 Å². The lowest BCUT2D eigenvalue weighted by Crippen LogP contribution is -2.39. The average molecular weight is 287 g/mol. The van der Waals surface area contributed by atoms with E-state index in [9.17, 15) is 9.59 Å². The number of hydrogen-bond donors (Lipinski definition) is 2. The summed E-state index contributed by atoms with van der Waals surface area (Å²) in [5.41, 5.74) is 5.10. The number of carbonyl (C=O) groups is 2. The number of ether oxygens (including phenoxy) is 1. The van der Waals surface area contributed by atoms with Crippen LogP contribution < -0.4 is 15.6 Å². The van der Waals surface area contributed by atoms with E-state index in [0.717, 1.165) is 10.0 Å². The molecule has 16 heavy (non-hydrogen) atoms. The minimum Gasteiger partial charge on any atom is -0.483 e. The molecule has 6 heteroatoms. The molecule has 0 aromatic heterocycles. The van der Waals surface area contributed by atoms with Crippen LogP contribution in [0.5, 0.6) is 5.75 Å². The van der Waals surface area contributed by atoms with E-state index in [-0.39, 0.29) is 6.61 Å². The lowest BCUT2D eigenvalue weighted by atomic mass is 10.2. The summed E-state index contributed by atoms with van der Waals surface area (Å²) in [6, 6.07) is 5.47. The van der Waals surface area contributed by atoms with Gasteiger partial charge in [-0.25, -0.2) is 0 Å². The predicted molar refractivity (Wildman–Crippen MR) is 61.7 cm³/mol. The highest BCUT2D eigenvalue weighted by Crippen LogP contribution is 2.21. The Kier molecular flexibility index (Phi) is 4.78. The summed E-state index contributed by atoms with van der Waals surface area (Å²) in [6.45, 7) is 1.73. The van der Waals surface area contributed by atoms with Gasteiger partial charge in [0.25, 0.3) is 5.91 Å². The fraction of sp³-hybridized carbons (Fsp3) is 0.200. The molecule has 0 atom stereocenters. The van der Waals surface area contributed by atoms with Gasteiger partial charge >= 0.3 is 0 Å². The van der Waals surface area contributed by atoms with Crippen molar-refractivity contribution >= 4 is 28.2 Å². The number of carbonyl (C=O) groups excluding carboxylic acids is 2. The van der Waals surface area contributed by atoms with Crippen molar-refractivity contribution in [2.45, 2.75) is 6.92 Å². The second kappa shape index (κ2) is 6.12. The van der Waals surface area contributed by atoms with Crippen molar-refractivity contribution in [1.82, 2.24) is 10.9 Å². The molecule has 0 aliphatic heterocycles. The van der Waals surface area contributed by atoms with Crippen LogP contribution in [-0.4, -0.2) is 18.9 Å². The Hall–Kier alpha value is -1.56. The fourth-order valence-corrected chi connectivity index (χ4v) is 1.54. The normalized spacial score (nSPS) is 9.38. The van der Waals surface area contributed by atoms with Gasteiger partial charge in [0.15, 0.2) is 6.61 Å². The highest BCUT2D eigenvalue weighted by Gasteiger charge is 2.04. The summed E-state index contributed by atoms with van der Waals surface area (Å²) >= 11 is 3.33. The number of hydrazine groups is 1. The minimum atomic E-state index is -0.422. The van der Waals surface area contributed by atoms with E-state index < -0.39 is 5.91 Å². The first-order chi connectivity index (χ1) is 7.63. The largest absolute Gasteiger partial charge is 0.483 e. The van der Waals surface area contributed by atoms with Crippen LogP contribution in [0.2, 0.25) is 0 Å². The van der Waals surface area contributed by atoms with Gasteiger partial charge in [-0.1, -0.05) is 15.9 Å². The van der Waals surface area contributed by atoms with Crippen molar-refractivity contribution in [2.24, 2.45) is 0 Å². The van der Waals surface area contributed by atoms with Gasteiger partial charge in [0.1, 0.15) is 5.75 Å². The molecule has 5 nitrogen and oxygen atoms in total. The molecule has 86 valence electrons. The molecule has 1 aromatic carbocycles. The Morgan fingerprint density at radius 3 is 2.94 bits per heavy atom. The lowest BCUT2D eigenvalue weighted by Gasteiger charge is -2.08. The molecule has 0 saturated carbocycles. The van der Waals surface area contributed by atoms with Gasteiger partial charge in [-0.3, -0.25) is 20.4 Å². The van der Waals surface area contributed by atoms with Gasteiger partial charge in [-0.05, 0) is 30.7 Å². The number of amides is 2. The number of hydrogen-bond acceptors (Lipinski definition) is 3. The molecule has 0 fully saturated rings. The van der Waals surface area contributed by atoms with Gasteiger partial charge in [-0.15, -0.1) is 0 Å². The Morgan fingerprint density at radius 1 is 1.56 bits per heavy atom. The summed E-state index contributed by atoms with van der Waals surface area (Å²) in [5, 5.41) is 0. The number of halogens is 1. The number of nitrogens with one attached hydrogen (secondary N) is 2. The van der Waals surface area contributed by atoms with E-state index in [2.05, 4.69) is 21.4 Å². The number of aryl methyl sites for hydroxylation is 1. The highest BCUT2D eigenvalue weighted by molar-refractivity contribution is 9.10. The summed E-state index contributed by atoms with van der Waals surface area (Å²) in [4.78, 5) is 21.0. The Bertz CT molecular complexity index is 396. The molecule has 2 N–H and O–H groups in total. The first-order valence-corrected chi connectivity index (χ1v) is 5.29. The van der Waals surface area contributed by atoms with Crippen molar-refractivity contribution in [3.8, 4) is 5.75 Å². The zero-order valence-corrected chi connectivity index (χ0v) is 10.2. The van der Waals surface area contributed by atoms with Crippen molar-refractivity contribution in [3.05, 3.63) is 28.2 Å². The molecule has 1 aromatic rings. The van der Waals surface area contributed by atoms with Crippen molar-refractivity contribution in [1.29, 1.82) is 0 Å². The van der Waals surface area contributed by atoms with Crippen LogP contribution in [0.25, 0.3) is 0 Å². The maximum Gasteiger partial charge on any atom is 0.276 e. The third-order valence-corrected chi connectivity index (χ3v) is 2.26. The molecule has 0 heterocycles. The zero-order chi connectivity index (χ0) is 12.0. The van der Waals surface area contributed by atoms with Crippen LogP contribution in [-0.2, 0) is 9.59 Å². The second-order valence-electron chi connectivity index (χ2n) is 3.01. The molecule has 0 radical (unpaired) electrons. The van der Waals surface area contributed by atoms with Gasteiger partial charge in [0, 0.05) is 4.47 Å². The molecule has 0 spiro atoms. The third kappa shape index (κ3) is 3.90. The van der Waals surface area contributed by atoms with E-state index in [1.54, 1.807) is 6.07 Å². The Labute approximate surface area is 101 Å². The van der Waals surface area contributed by atoms with Gasteiger partial charge in [0.05, 0.1) is 0 Å². The topological polar surface area (TPSA) is 67.4 Å². The third-order valence-electron chi connectivity index (χ3n) is 1.77. The molecular weight excluding hydrogens is 276 g/mol. The van der Waals surface area contributed by atoms with Crippen molar-refractivity contribution in [3.63, 3.8) is 0 Å². The van der Waals surface area contributed by atoms with Gasteiger partial charge < -0.3 is 4.74 Å². The molecule has 0 aliphatic rings. The molecule has 0 bridgehead atoms. The molecule has 0 aliphatic carbocycles. The molecular formula is C10H11BrN2O3. The minimum absolute atomic E-state index is 0.149. The maximum absolute atomic E-state index is 11.1. The van der Waals surface area contributed by atoms with E-state index in [1.807, 2.05) is 24.5 Å². The Morgan fingerprint density at radius 2 is 2.31 bits per heavy atom. The quantitative estimate of drug-likeness (QED) is 0.625. The van der Waals surface area contributed by atoms with E-state index in [1.165, 1.54) is 0 Å². The fourth-order valence-electron chi connectivity index (χ4n) is 1.06. The van der Waals surface area contributed by atoms with Crippen LogP contribution in [0.4, 0.5) is 0 Å². The average Bonchev–Trinajstić information content (AvgIpc) is 2.25. The van der Waals surface area contributed by atoms with E-state index in [0.29, 0.717) is 12.2 Å². The first-order valence-electron chi connectivity index (χ1n) is 4.50. The van der Waals surface area contributed by atoms with Crippen LogP contribution in [0, 0.1) is 6.92 Å². The number of benzene rings is 1. The first kappa shape index (κ1) is 12.5. The molecule has 0 saturated heterocycles. The van der Waals surface area contributed by atoms with Crippen LogP contribution in [0.15, 0.2) is 22.7 Å². The number of rotatable bonds is 5. The van der Waals surface area contributed by atoms with Gasteiger partial charge in [-0.2, -0.15) is 0 Å². The zero-order valence-electron chi connectivity index (χ0n) is 8.62. The highest BCUT2D eigenvalue weighted by atomic mass is 79.9. The lowest BCUT2D eigenvalue weighted by molar-refractivity contribution is -0.126. The van der Waals surface area contributed by atoms with Crippen molar-refractivity contribution < 1.29 is 14.3 Å². The predicted octanol–water partition coefficient (Wildman–Crippen LogP) is 0.914.